The number of methoxy groups -OCH3 is 1. The third-order valence-electron chi connectivity index (χ3n) is 8.84. The fraction of sp³-hybridized carbons (Fsp3) is 0.395. The van der Waals surface area contributed by atoms with E-state index in [2.05, 4.69) is 45.0 Å². The van der Waals surface area contributed by atoms with Crippen LogP contribution < -0.4 is 19.7 Å². The summed E-state index contributed by atoms with van der Waals surface area (Å²) in [5.41, 5.74) is 5.14. The fourth-order valence-corrected chi connectivity index (χ4v) is 5.98. The number of likely N-dealkylation sites (N-methyl/N-ethyl adjacent to an activating group) is 1. The van der Waals surface area contributed by atoms with Crippen LogP contribution in [0, 0.1) is 6.92 Å². The van der Waals surface area contributed by atoms with Crippen molar-refractivity contribution >= 4 is 65.0 Å². The van der Waals surface area contributed by atoms with Crippen LogP contribution in [-0.2, 0) is 11.2 Å². The van der Waals surface area contributed by atoms with Crippen LogP contribution in [0.4, 0.5) is 11.4 Å². The van der Waals surface area contributed by atoms with Gasteiger partial charge in [0.25, 0.3) is 11.8 Å². The summed E-state index contributed by atoms with van der Waals surface area (Å²) in [5.74, 6) is 3.24. The molecule has 0 radical (unpaired) electrons. The van der Waals surface area contributed by atoms with Crippen LogP contribution >= 0.6 is 24.8 Å². The number of aromatic nitrogens is 2. The number of H-pyrrole nitrogens is 1. The smallest absolute Gasteiger partial charge is 0.259 e. The number of piperazine rings is 1. The van der Waals surface area contributed by atoms with Crippen LogP contribution in [0.15, 0.2) is 60.3 Å². The molecule has 274 valence electrons. The molecule has 1 aromatic heterocycles. The number of nitrogens with zero attached hydrogens (tertiary/aromatic N) is 4. The Balaban J connectivity index is 0.00000351. The highest BCUT2D eigenvalue weighted by Gasteiger charge is 2.22. The maximum atomic E-state index is 13.7. The van der Waals surface area contributed by atoms with Gasteiger partial charge in [-0.05, 0) is 87.7 Å². The molecule has 0 atom stereocenters. The Morgan fingerprint density at radius 1 is 1.02 bits per heavy atom. The van der Waals surface area contributed by atoms with Crippen LogP contribution in [0.3, 0.4) is 0 Å². The van der Waals surface area contributed by atoms with Crippen molar-refractivity contribution in [3.05, 3.63) is 82.8 Å². The monoisotopic (exact) mass is 738 g/mol. The second-order valence-electron chi connectivity index (χ2n) is 12.5. The zero-order chi connectivity index (χ0) is 34.9. The highest BCUT2D eigenvalue weighted by atomic mass is 35.5. The first-order valence-electron chi connectivity index (χ1n) is 16.9. The maximum absolute atomic E-state index is 13.7. The zero-order valence-corrected chi connectivity index (χ0v) is 31.5. The average molecular weight is 740 g/mol. The Morgan fingerprint density at radius 3 is 2.49 bits per heavy atom. The van der Waals surface area contributed by atoms with Gasteiger partial charge in [-0.1, -0.05) is 19.1 Å². The van der Waals surface area contributed by atoms with Gasteiger partial charge in [0.1, 0.15) is 28.8 Å². The molecule has 5 rings (SSSR count). The quantitative estimate of drug-likeness (QED) is 0.108. The second-order valence-corrected chi connectivity index (χ2v) is 12.5. The summed E-state index contributed by atoms with van der Waals surface area (Å²) in [7, 11) is 5.26. The first-order valence-corrected chi connectivity index (χ1v) is 16.9. The van der Waals surface area contributed by atoms with E-state index >= 15 is 0 Å². The Morgan fingerprint density at radius 2 is 1.78 bits per heavy atom. The number of rotatable bonds is 14. The molecule has 0 aliphatic carbocycles. The molecule has 4 aromatic rings. The van der Waals surface area contributed by atoms with Gasteiger partial charge < -0.3 is 34.5 Å². The van der Waals surface area contributed by atoms with Crippen LogP contribution in [0.25, 0.3) is 11.0 Å². The summed E-state index contributed by atoms with van der Waals surface area (Å²) in [4.78, 5) is 52.7. The lowest BCUT2D eigenvalue weighted by atomic mass is 10.1. The van der Waals surface area contributed by atoms with Crippen molar-refractivity contribution < 1.29 is 23.9 Å². The van der Waals surface area contributed by atoms with Crippen molar-refractivity contribution in [3.63, 3.8) is 0 Å². The third-order valence-corrected chi connectivity index (χ3v) is 8.84. The van der Waals surface area contributed by atoms with E-state index in [-0.39, 0.29) is 42.4 Å². The van der Waals surface area contributed by atoms with Gasteiger partial charge >= 0.3 is 0 Å². The van der Waals surface area contributed by atoms with Crippen LogP contribution in [0.1, 0.15) is 64.7 Å². The summed E-state index contributed by atoms with van der Waals surface area (Å²) in [6, 6.07) is 16.1. The van der Waals surface area contributed by atoms with E-state index in [0.29, 0.717) is 46.8 Å². The number of halogens is 2. The molecule has 0 unspecified atom stereocenters. The summed E-state index contributed by atoms with van der Waals surface area (Å²) in [6.07, 6.45) is 3.97. The molecule has 1 aliphatic heterocycles. The largest absolute Gasteiger partial charge is 0.496 e. The number of fused-ring (bicyclic) bond motifs is 1. The van der Waals surface area contributed by atoms with Crippen molar-refractivity contribution in [3.8, 4) is 11.5 Å². The molecule has 2 heterocycles. The Bertz CT molecular complexity index is 1850. The lowest BCUT2D eigenvalue weighted by molar-refractivity contribution is 0.0987. The average Bonchev–Trinajstić information content (AvgIpc) is 3.53. The van der Waals surface area contributed by atoms with Gasteiger partial charge in [-0.3, -0.25) is 9.59 Å². The van der Waals surface area contributed by atoms with E-state index in [1.54, 1.807) is 25.2 Å². The number of nitrogens with one attached hydrogen (secondary N) is 2. The molecule has 1 saturated heterocycles. The number of para-hydroxylation sites is 1. The number of benzene rings is 3. The number of allylic oxidation sites excluding steroid dienone is 1. The van der Waals surface area contributed by atoms with Gasteiger partial charge in [0.05, 0.1) is 41.9 Å². The third kappa shape index (κ3) is 10.0. The van der Waals surface area contributed by atoms with Crippen molar-refractivity contribution in [1.82, 2.24) is 19.8 Å². The topological polar surface area (TPSA) is 120 Å². The number of unbranched alkanes of at least 4 members (excludes halogenated alkanes) is 1. The van der Waals surface area contributed by atoms with Crippen LogP contribution in [-0.4, -0.2) is 91.5 Å². The van der Waals surface area contributed by atoms with E-state index in [0.717, 1.165) is 74.5 Å². The standard InChI is InChI=1S/C38H46N6O5.2ClH/c1-6-10-35-39-30-12-9-13-31(36(30)41-35)40-37(46)29-16-15-27(24-33(29)48-5)38(47)43(4)32-17-14-26(2)23-34(32)49-22-8-7-11-28(25-45)44-20-18-42(3)19-21-44;;/h9,12-17,23-24H,6-8,10-11,18-22H2,1-5H3,(H,39,41)(H,40,46);2*1H. The van der Waals surface area contributed by atoms with Gasteiger partial charge in [0, 0.05) is 45.2 Å². The molecule has 2 N–H and O–H groups in total. The first-order chi connectivity index (χ1) is 23.7. The first kappa shape index (κ1) is 40.9. The number of aryl methyl sites for hydroxylation is 2. The molecule has 11 nitrogen and oxygen atoms in total. The second kappa shape index (κ2) is 19.2. The van der Waals surface area contributed by atoms with Crippen molar-refractivity contribution in [1.29, 1.82) is 0 Å². The van der Waals surface area contributed by atoms with Crippen molar-refractivity contribution in [2.24, 2.45) is 0 Å². The SMILES string of the molecule is CCCc1nc2c(NC(=O)c3ccc(C(=O)N(C)c4ccc(C)cc4OCCCCC(=C=O)N4CCN(C)CC4)cc3OC)cccc2[nH]1.Cl.Cl. The Hall–Kier alpha value is -4.54. The number of hydrogen-bond donors (Lipinski definition) is 2. The van der Waals surface area contributed by atoms with Gasteiger partial charge in [-0.2, -0.15) is 0 Å². The molecule has 0 spiro atoms. The number of aromatic amines is 1. The lowest BCUT2D eigenvalue weighted by Crippen LogP contribution is -2.44. The highest BCUT2D eigenvalue weighted by Crippen LogP contribution is 2.32. The van der Waals surface area contributed by atoms with E-state index in [1.807, 2.05) is 43.3 Å². The van der Waals surface area contributed by atoms with E-state index in [1.165, 1.54) is 12.0 Å². The summed E-state index contributed by atoms with van der Waals surface area (Å²) in [6.45, 7) is 8.06. The summed E-state index contributed by atoms with van der Waals surface area (Å²) >= 11 is 0. The molecule has 2 amide bonds. The number of carbonyl (C=O) groups excluding carboxylic acids is 3. The minimum absolute atomic E-state index is 0. The highest BCUT2D eigenvalue weighted by molar-refractivity contribution is 6.11. The number of carbonyl (C=O) groups is 2. The lowest BCUT2D eigenvalue weighted by Gasteiger charge is -2.34. The van der Waals surface area contributed by atoms with Gasteiger partial charge in [0.15, 0.2) is 0 Å². The number of ether oxygens (including phenoxy) is 2. The minimum Gasteiger partial charge on any atom is -0.496 e. The minimum atomic E-state index is -0.370. The number of anilines is 2. The van der Waals surface area contributed by atoms with Crippen molar-refractivity contribution in [2.75, 3.05) is 64.2 Å². The number of amides is 2. The predicted molar refractivity (Wildman–Crippen MR) is 207 cm³/mol. The van der Waals surface area contributed by atoms with Crippen LogP contribution in [0.2, 0.25) is 0 Å². The van der Waals surface area contributed by atoms with E-state index in [9.17, 15) is 14.4 Å². The van der Waals surface area contributed by atoms with Gasteiger partial charge in [-0.15, -0.1) is 24.8 Å². The van der Waals surface area contributed by atoms with E-state index in [4.69, 9.17) is 9.47 Å². The number of imidazole rings is 1. The summed E-state index contributed by atoms with van der Waals surface area (Å²) < 4.78 is 11.8. The van der Waals surface area contributed by atoms with Gasteiger partial charge in [-0.25, -0.2) is 9.78 Å². The molecule has 0 bridgehead atoms. The molecule has 0 saturated carbocycles. The molecule has 13 heteroatoms. The van der Waals surface area contributed by atoms with Gasteiger partial charge in [0.2, 0.25) is 0 Å². The van der Waals surface area contributed by atoms with E-state index < -0.39 is 0 Å². The molecule has 1 fully saturated rings. The zero-order valence-electron chi connectivity index (χ0n) is 29.9. The normalized spacial score (nSPS) is 12.7. The molecule has 1 aliphatic rings. The Labute approximate surface area is 312 Å². The summed E-state index contributed by atoms with van der Waals surface area (Å²) in [5, 5.41) is 2.96. The predicted octanol–water partition coefficient (Wildman–Crippen LogP) is 6.72. The fourth-order valence-electron chi connectivity index (χ4n) is 5.98. The maximum Gasteiger partial charge on any atom is 0.259 e. The van der Waals surface area contributed by atoms with Crippen molar-refractivity contribution in [2.45, 2.75) is 46.0 Å². The number of hydrogen-bond acceptors (Lipinski definition) is 8. The molecular formula is C38H48Cl2N6O5. The molecular weight excluding hydrogens is 691 g/mol. The molecule has 51 heavy (non-hydrogen) atoms. The molecule has 3 aromatic carbocycles. The Kier molecular flexibility index (Phi) is 15.4. The van der Waals surface area contributed by atoms with Crippen LogP contribution in [0.5, 0.6) is 11.5 Å².